The Morgan fingerprint density at radius 1 is 0.955 bits per heavy atom. The lowest BCUT2D eigenvalue weighted by Gasteiger charge is -2.13. The quantitative estimate of drug-likeness (QED) is 0.0724. The summed E-state index contributed by atoms with van der Waals surface area (Å²) >= 11 is 7.43. The molecule has 0 bridgehead atoms. The molecule has 3 amide bonds. The van der Waals surface area contributed by atoms with Crippen molar-refractivity contribution < 1.29 is 24.0 Å². The number of carbonyl (C=O) groups excluding carboxylic acids is 3. The number of anilines is 2. The molecule has 10 nitrogen and oxygen atoms in total. The van der Waals surface area contributed by atoms with E-state index in [0.29, 0.717) is 27.7 Å². The number of benzene rings is 4. The molecule has 0 aliphatic heterocycles. The Bertz CT molecular complexity index is 1730. The number of amides is 3. The smallest absolute Gasteiger partial charge is 0.276 e. The zero-order valence-corrected chi connectivity index (χ0v) is 25.2. The maximum Gasteiger partial charge on any atom is 0.276 e. The standard InChI is InChI=1S/C32H27ClN4O6S/c1-20-16-26(29(43-2)18-25(20)33)35-30(38)19-44-24-14-12-23(13-15-24)34-32(40)27(36-31(39)21-8-4-3-5-9-21)17-22-10-6-7-11-28(22)37(41)42/h3-18H,19H2,1-2H3,(H,34,40)(H,35,38)(H,36,39)/b27-17-. The zero-order valence-electron chi connectivity index (χ0n) is 23.6. The van der Waals surface area contributed by atoms with Crippen molar-refractivity contribution in [2.75, 3.05) is 23.5 Å². The molecular formula is C32H27ClN4O6S. The van der Waals surface area contributed by atoms with Crippen LogP contribution >= 0.6 is 23.4 Å². The lowest BCUT2D eigenvalue weighted by atomic mass is 10.1. The number of rotatable bonds is 11. The first-order valence-corrected chi connectivity index (χ1v) is 14.5. The lowest BCUT2D eigenvalue weighted by molar-refractivity contribution is -0.385. The summed E-state index contributed by atoms with van der Waals surface area (Å²) in [5.74, 6) is -0.910. The molecule has 0 aromatic heterocycles. The Morgan fingerprint density at radius 3 is 2.32 bits per heavy atom. The highest BCUT2D eigenvalue weighted by Crippen LogP contribution is 2.31. The van der Waals surface area contributed by atoms with E-state index in [-0.39, 0.29) is 28.6 Å². The van der Waals surface area contributed by atoms with Crippen LogP contribution in [-0.2, 0) is 9.59 Å². The van der Waals surface area contributed by atoms with Crippen LogP contribution in [0.1, 0.15) is 21.5 Å². The van der Waals surface area contributed by atoms with Gasteiger partial charge in [0, 0.05) is 33.3 Å². The Balaban J connectivity index is 1.45. The van der Waals surface area contributed by atoms with E-state index in [2.05, 4.69) is 16.0 Å². The molecule has 0 unspecified atom stereocenters. The number of methoxy groups -OCH3 is 1. The minimum atomic E-state index is -0.681. The van der Waals surface area contributed by atoms with Crippen LogP contribution in [0, 0.1) is 17.0 Å². The Labute approximate surface area is 262 Å². The van der Waals surface area contributed by atoms with Gasteiger partial charge in [0.2, 0.25) is 5.91 Å². The molecule has 4 aromatic rings. The van der Waals surface area contributed by atoms with E-state index >= 15 is 0 Å². The van der Waals surface area contributed by atoms with Crippen LogP contribution in [0.15, 0.2) is 102 Å². The molecule has 0 heterocycles. The average Bonchev–Trinajstić information content (AvgIpc) is 3.02. The number of nitro benzene ring substituents is 1. The second kappa shape index (κ2) is 14.9. The van der Waals surface area contributed by atoms with Gasteiger partial charge in [-0.2, -0.15) is 0 Å². The molecule has 0 saturated heterocycles. The number of nitro groups is 1. The number of para-hydroxylation sites is 1. The number of thioether (sulfide) groups is 1. The normalized spacial score (nSPS) is 10.9. The minimum absolute atomic E-state index is 0.116. The van der Waals surface area contributed by atoms with E-state index in [0.717, 1.165) is 10.5 Å². The van der Waals surface area contributed by atoms with Crippen molar-refractivity contribution in [2.45, 2.75) is 11.8 Å². The van der Waals surface area contributed by atoms with Crippen LogP contribution in [-0.4, -0.2) is 35.5 Å². The fraction of sp³-hybridized carbons (Fsp3) is 0.0938. The van der Waals surface area contributed by atoms with Gasteiger partial charge in [0.05, 0.1) is 29.0 Å². The van der Waals surface area contributed by atoms with Crippen LogP contribution in [0.4, 0.5) is 17.1 Å². The number of nitrogens with one attached hydrogen (secondary N) is 3. The van der Waals surface area contributed by atoms with Crippen molar-refractivity contribution in [3.8, 4) is 5.75 Å². The molecule has 0 spiro atoms. The number of ether oxygens (including phenoxy) is 1. The number of nitrogens with zero attached hydrogens (tertiary/aromatic N) is 1. The highest BCUT2D eigenvalue weighted by Gasteiger charge is 2.18. The molecular weight excluding hydrogens is 604 g/mol. The molecule has 0 saturated carbocycles. The largest absolute Gasteiger partial charge is 0.495 e. The maximum absolute atomic E-state index is 13.3. The van der Waals surface area contributed by atoms with Gasteiger partial charge in [-0.3, -0.25) is 24.5 Å². The SMILES string of the molecule is COc1cc(Cl)c(C)cc1NC(=O)CSc1ccc(NC(=O)/C(=C/c2ccccc2[N+](=O)[O-])NC(=O)c2ccccc2)cc1. The molecule has 0 fully saturated rings. The Morgan fingerprint density at radius 2 is 1.64 bits per heavy atom. The molecule has 0 radical (unpaired) electrons. The molecule has 0 aliphatic rings. The molecule has 0 atom stereocenters. The topological polar surface area (TPSA) is 140 Å². The van der Waals surface area contributed by atoms with Gasteiger partial charge >= 0.3 is 0 Å². The highest BCUT2D eigenvalue weighted by atomic mass is 35.5. The third-order valence-corrected chi connectivity index (χ3v) is 7.62. The second-order valence-corrected chi connectivity index (χ2v) is 10.8. The number of halogens is 1. The van der Waals surface area contributed by atoms with Gasteiger partial charge in [0.15, 0.2) is 0 Å². The second-order valence-electron chi connectivity index (χ2n) is 9.31. The molecule has 224 valence electrons. The summed E-state index contributed by atoms with van der Waals surface area (Å²) in [7, 11) is 1.49. The summed E-state index contributed by atoms with van der Waals surface area (Å²) in [6.07, 6.45) is 1.26. The van der Waals surface area contributed by atoms with E-state index in [4.69, 9.17) is 16.3 Å². The maximum atomic E-state index is 13.3. The number of hydrogen-bond acceptors (Lipinski definition) is 7. The van der Waals surface area contributed by atoms with Gasteiger partial charge in [0.25, 0.3) is 17.5 Å². The third kappa shape index (κ3) is 8.46. The molecule has 0 aliphatic carbocycles. The van der Waals surface area contributed by atoms with E-state index < -0.39 is 16.7 Å². The predicted octanol–water partition coefficient (Wildman–Crippen LogP) is 6.71. The van der Waals surface area contributed by atoms with E-state index in [9.17, 15) is 24.5 Å². The fourth-order valence-corrected chi connectivity index (χ4v) is 4.82. The summed E-state index contributed by atoms with van der Waals surface area (Å²) in [5.41, 5.74) is 1.77. The average molecular weight is 631 g/mol. The van der Waals surface area contributed by atoms with Crippen molar-refractivity contribution in [3.63, 3.8) is 0 Å². The van der Waals surface area contributed by atoms with Gasteiger partial charge in [-0.05, 0) is 67.1 Å². The van der Waals surface area contributed by atoms with Crippen LogP contribution in [0.2, 0.25) is 5.02 Å². The van der Waals surface area contributed by atoms with Gasteiger partial charge in [-0.25, -0.2) is 0 Å². The highest BCUT2D eigenvalue weighted by molar-refractivity contribution is 8.00. The van der Waals surface area contributed by atoms with Gasteiger partial charge in [0.1, 0.15) is 11.4 Å². The molecule has 44 heavy (non-hydrogen) atoms. The first-order chi connectivity index (χ1) is 21.1. The first kappa shape index (κ1) is 31.8. The van der Waals surface area contributed by atoms with E-state index in [1.54, 1.807) is 72.8 Å². The Kier molecular flexibility index (Phi) is 10.7. The number of carbonyl (C=O) groups is 3. The van der Waals surface area contributed by atoms with Crippen LogP contribution in [0.25, 0.3) is 6.08 Å². The summed E-state index contributed by atoms with van der Waals surface area (Å²) in [5, 5.41) is 20.2. The molecule has 4 rings (SSSR count). The minimum Gasteiger partial charge on any atom is -0.495 e. The van der Waals surface area contributed by atoms with Crippen molar-refractivity contribution in [2.24, 2.45) is 0 Å². The fourth-order valence-electron chi connectivity index (χ4n) is 3.97. The van der Waals surface area contributed by atoms with Crippen molar-refractivity contribution >= 4 is 64.2 Å². The summed E-state index contributed by atoms with van der Waals surface area (Å²) in [6.45, 7) is 1.83. The summed E-state index contributed by atoms with van der Waals surface area (Å²) in [6, 6.07) is 24.3. The van der Waals surface area contributed by atoms with Gasteiger partial charge in [-0.15, -0.1) is 11.8 Å². The predicted molar refractivity (Wildman–Crippen MR) is 172 cm³/mol. The summed E-state index contributed by atoms with van der Waals surface area (Å²) in [4.78, 5) is 50.5. The molecule has 3 N–H and O–H groups in total. The number of hydrogen-bond donors (Lipinski definition) is 3. The van der Waals surface area contributed by atoms with Crippen LogP contribution < -0.4 is 20.7 Å². The van der Waals surface area contributed by atoms with Crippen molar-refractivity contribution in [1.82, 2.24) is 5.32 Å². The van der Waals surface area contributed by atoms with E-state index in [1.807, 2.05) is 6.92 Å². The molecule has 4 aromatic carbocycles. The molecule has 12 heteroatoms. The monoisotopic (exact) mass is 630 g/mol. The van der Waals surface area contributed by atoms with Crippen LogP contribution in [0.3, 0.4) is 0 Å². The Hall–Kier alpha value is -5.13. The summed E-state index contributed by atoms with van der Waals surface area (Å²) < 4.78 is 5.30. The van der Waals surface area contributed by atoms with Gasteiger partial charge < -0.3 is 20.7 Å². The first-order valence-electron chi connectivity index (χ1n) is 13.1. The van der Waals surface area contributed by atoms with Crippen LogP contribution in [0.5, 0.6) is 5.75 Å². The van der Waals surface area contributed by atoms with Gasteiger partial charge in [-0.1, -0.05) is 41.9 Å². The number of aryl methyl sites for hydroxylation is 1. The third-order valence-electron chi connectivity index (χ3n) is 6.20. The van der Waals surface area contributed by atoms with Crippen molar-refractivity contribution in [1.29, 1.82) is 0 Å². The van der Waals surface area contributed by atoms with E-state index in [1.165, 1.54) is 43.1 Å². The zero-order chi connectivity index (χ0) is 31.6. The van der Waals surface area contributed by atoms with Crippen molar-refractivity contribution in [3.05, 3.63) is 129 Å². The lowest BCUT2D eigenvalue weighted by Crippen LogP contribution is -2.30.